The number of benzene rings is 2. The molecule has 2 aromatic rings. The van der Waals surface area contributed by atoms with E-state index in [0.717, 1.165) is 0 Å². The van der Waals surface area contributed by atoms with Crippen LogP contribution in [0.25, 0.3) is 0 Å². The van der Waals surface area contributed by atoms with Gasteiger partial charge >= 0.3 is 0 Å². The van der Waals surface area contributed by atoms with Crippen LogP contribution in [0.3, 0.4) is 0 Å². The standard InChI is InChI=1S/C28H30O6S/c1-17-13-21(14-18(2)27(17,31)23-9-5-7-11-25(23)29)35(33,34)22-15-19(3)28(32,20(4)16-22)24-10-6-8-12-26(24)30/h5-16,21-22,29-32H,1-4H3. The molecular weight excluding hydrogens is 464 g/mol. The summed E-state index contributed by atoms with van der Waals surface area (Å²) in [6.45, 7) is 6.58. The third kappa shape index (κ3) is 3.75. The Kier molecular flexibility index (Phi) is 6.08. The molecule has 2 aliphatic carbocycles. The van der Waals surface area contributed by atoms with Gasteiger partial charge in [-0.15, -0.1) is 0 Å². The Labute approximate surface area is 205 Å². The van der Waals surface area contributed by atoms with Crippen LogP contribution in [0.1, 0.15) is 38.8 Å². The molecule has 0 spiro atoms. The molecule has 0 aromatic heterocycles. The minimum atomic E-state index is -3.85. The summed E-state index contributed by atoms with van der Waals surface area (Å²) in [5.74, 6) is -0.158. The van der Waals surface area contributed by atoms with Crippen LogP contribution in [0.5, 0.6) is 11.5 Å². The molecule has 0 heterocycles. The quantitative estimate of drug-likeness (QED) is 0.475. The van der Waals surface area contributed by atoms with E-state index in [1.54, 1.807) is 64.1 Å². The fourth-order valence-electron chi connectivity index (χ4n) is 5.16. The fourth-order valence-corrected chi connectivity index (χ4v) is 7.09. The Balaban J connectivity index is 1.73. The molecule has 0 amide bonds. The van der Waals surface area contributed by atoms with Gasteiger partial charge in [-0.3, -0.25) is 0 Å². The van der Waals surface area contributed by atoms with Crippen LogP contribution in [-0.4, -0.2) is 39.3 Å². The predicted molar refractivity (Wildman–Crippen MR) is 136 cm³/mol. The molecule has 2 aromatic carbocycles. The van der Waals surface area contributed by atoms with Crippen molar-refractivity contribution in [2.75, 3.05) is 0 Å². The van der Waals surface area contributed by atoms with Crippen molar-refractivity contribution in [3.63, 3.8) is 0 Å². The smallest absolute Gasteiger partial charge is 0.170 e. The maximum atomic E-state index is 13.7. The molecule has 6 nitrogen and oxygen atoms in total. The van der Waals surface area contributed by atoms with Crippen molar-refractivity contribution in [2.45, 2.75) is 49.4 Å². The first-order valence-electron chi connectivity index (χ1n) is 11.3. The molecule has 184 valence electrons. The van der Waals surface area contributed by atoms with Crippen molar-refractivity contribution in [1.29, 1.82) is 0 Å². The van der Waals surface area contributed by atoms with Gasteiger partial charge in [-0.05, 0) is 62.1 Å². The lowest BCUT2D eigenvalue weighted by molar-refractivity contribution is 0.111. The Bertz CT molecular complexity index is 1270. The normalized spacial score (nSPS) is 29.1. The zero-order valence-corrected chi connectivity index (χ0v) is 20.9. The van der Waals surface area contributed by atoms with E-state index < -0.39 is 31.5 Å². The average Bonchev–Trinajstić information content (AvgIpc) is 2.80. The number of sulfone groups is 1. The lowest BCUT2D eigenvalue weighted by Crippen LogP contribution is -2.39. The summed E-state index contributed by atoms with van der Waals surface area (Å²) >= 11 is 0. The van der Waals surface area contributed by atoms with E-state index in [1.807, 2.05) is 0 Å². The Morgan fingerprint density at radius 3 is 1.17 bits per heavy atom. The SMILES string of the molecule is CC1=CC(S(=O)(=O)C2C=C(C)C(O)(c3ccccc3O)C(C)=C2)C=C(C)C1(O)c1ccccc1O. The molecule has 35 heavy (non-hydrogen) atoms. The van der Waals surface area contributed by atoms with Crippen LogP contribution >= 0.6 is 0 Å². The number of rotatable bonds is 4. The van der Waals surface area contributed by atoms with Gasteiger partial charge in [0.2, 0.25) is 0 Å². The highest BCUT2D eigenvalue weighted by Gasteiger charge is 2.45. The van der Waals surface area contributed by atoms with Gasteiger partial charge in [-0.1, -0.05) is 60.7 Å². The van der Waals surface area contributed by atoms with Crippen molar-refractivity contribution < 1.29 is 28.8 Å². The van der Waals surface area contributed by atoms with Crippen LogP contribution in [0.2, 0.25) is 0 Å². The summed E-state index contributed by atoms with van der Waals surface area (Å²) in [4.78, 5) is 0. The highest BCUT2D eigenvalue weighted by Crippen LogP contribution is 2.46. The van der Waals surface area contributed by atoms with Crippen molar-refractivity contribution in [3.05, 3.63) is 106 Å². The average molecular weight is 495 g/mol. The second-order valence-corrected chi connectivity index (χ2v) is 11.6. The molecular formula is C28H30O6S. The monoisotopic (exact) mass is 494 g/mol. The highest BCUT2D eigenvalue weighted by molar-refractivity contribution is 7.93. The topological polar surface area (TPSA) is 115 Å². The minimum Gasteiger partial charge on any atom is -0.508 e. The van der Waals surface area contributed by atoms with E-state index in [2.05, 4.69) is 0 Å². The summed E-state index contributed by atoms with van der Waals surface area (Å²) in [5.41, 5.74) is -1.07. The molecule has 0 saturated carbocycles. The fraction of sp³-hybridized carbons (Fsp3) is 0.286. The van der Waals surface area contributed by atoms with Gasteiger partial charge < -0.3 is 20.4 Å². The molecule has 0 atom stereocenters. The largest absolute Gasteiger partial charge is 0.508 e. The highest BCUT2D eigenvalue weighted by atomic mass is 32.2. The molecule has 4 rings (SSSR count). The van der Waals surface area contributed by atoms with E-state index in [1.165, 1.54) is 36.4 Å². The predicted octanol–water partition coefficient (Wildman–Crippen LogP) is 4.14. The first-order valence-corrected chi connectivity index (χ1v) is 13.0. The van der Waals surface area contributed by atoms with Gasteiger partial charge in [0.1, 0.15) is 22.7 Å². The first kappa shape index (κ1) is 25.0. The van der Waals surface area contributed by atoms with Gasteiger partial charge in [-0.2, -0.15) is 0 Å². The van der Waals surface area contributed by atoms with Crippen LogP contribution in [0.4, 0.5) is 0 Å². The second kappa shape index (κ2) is 8.52. The molecule has 0 fully saturated rings. The summed E-state index contributed by atoms with van der Waals surface area (Å²) in [6.07, 6.45) is 6.02. The summed E-state index contributed by atoms with van der Waals surface area (Å²) in [6, 6.07) is 12.9. The number of phenols is 2. The van der Waals surface area contributed by atoms with Crippen LogP contribution in [-0.2, 0) is 21.0 Å². The van der Waals surface area contributed by atoms with E-state index in [0.29, 0.717) is 22.3 Å². The molecule has 4 N–H and O–H groups in total. The molecule has 0 saturated heterocycles. The van der Waals surface area contributed by atoms with E-state index >= 15 is 0 Å². The van der Waals surface area contributed by atoms with Gasteiger partial charge in [-0.25, -0.2) is 8.42 Å². The molecule has 7 heteroatoms. The molecule has 0 aliphatic heterocycles. The summed E-state index contributed by atoms with van der Waals surface area (Å²) in [7, 11) is -3.85. The Morgan fingerprint density at radius 1 is 0.600 bits per heavy atom. The summed E-state index contributed by atoms with van der Waals surface area (Å²) in [5, 5.41) is 41.6. The van der Waals surface area contributed by atoms with Crippen LogP contribution in [0.15, 0.2) is 95.1 Å². The lowest BCUT2D eigenvalue weighted by atomic mass is 9.77. The van der Waals surface area contributed by atoms with Crippen molar-refractivity contribution in [2.24, 2.45) is 0 Å². The van der Waals surface area contributed by atoms with Crippen molar-refractivity contribution >= 4 is 9.84 Å². The minimum absolute atomic E-state index is 0.0790. The van der Waals surface area contributed by atoms with Crippen LogP contribution in [0, 0.1) is 0 Å². The van der Waals surface area contributed by atoms with E-state index in [9.17, 15) is 28.8 Å². The van der Waals surface area contributed by atoms with Crippen LogP contribution < -0.4 is 0 Å². The van der Waals surface area contributed by atoms with Gasteiger partial charge in [0.05, 0.1) is 10.5 Å². The van der Waals surface area contributed by atoms with Crippen molar-refractivity contribution in [3.8, 4) is 11.5 Å². The molecule has 0 unspecified atom stereocenters. The third-order valence-corrected chi connectivity index (χ3v) is 9.35. The van der Waals surface area contributed by atoms with Gasteiger partial charge in [0, 0.05) is 11.1 Å². The van der Waals surface area contributed by atoms with Crippen molar-refractivity contribution in [1.82, 2.24) is 0 Å². The summed E-state index contributed by atoms with van der Waals surface area (Å²) < 4.78 is 27.4. The molecule has 0 radical (unpaired) electrons. The zero-order valence-electron chi connectivity index (χ0n) is 20.1. The number of hydrogen-bond donors (Lipinski definition) is 4. The van der Waals surface area contributed by atoms with E-state index in [-0.39, 0.29) is 22.6 Å². The maximum absolute atomic E-state index is 13.7. The Morgan fingerprint density at radius 2 is 0.886 bits per heavy atom. The molecule has 0 bridgehead atoms. The second-order valence-electron chi connectivity index (χ2n) is 9.37. The number of aliphatic hydroxyl groups is 2. The number of phenolic OH excluding ortho intramolecular Hbond substituents is 2. The lowest BCUT2D eigenvalue weighted by Gasteiger charge is -2.38. The van der Waals surface area contributed by atoms with Gasteiger partial charge in [0.25, 0.3) is 0 Å². The Hall–Kier alpha value is -3.13. The third-order valence-electron chi connectivity index (χ3n) is 7.29. The maximum Gasteiger partial charge on any atom is 0.170 e. The zero-order chi connectivity index (χ0) is 25.8. The number of aromatic hydroxyl groups is 2. The number of para-hydroxylation sites is 2. The van der Waals surface area contributed by atoms with E-state index in [4.69, 9.17) is 0 Å². The first-order chi connectivity index (χ1) is 16.3. The molecule has 2 aliphatic rings. The number of hydrogen-bond acceptors (Lipinski definition) is 6. The van der Waals surface area contributed by atoms with Gasteiger partial charge in [0.15, 0.2) is 9.84 Å².